The highest BCUT2D eigenvalue weighted by Crippen LogP contribution is 2.18. The number of rotatable bonds is 2. The van der Waals surface area contributed by atoms with Gasteiger partial charge in [0.25, 0.3) is 0 Å². The normalized spacial score (nSPS) is 11.2. The van der Waals surface area contributed by atoms with Crippen LogP contribution in [0.4, 0.5) is 0 Å². The summed E-state index contributed by atoms with van der Waals surface area (Å²) in [6.45, 7) is 4.72. The molecule has 6 heteroatoms. The predicted molar refractivity (Wildman–Crippen MR) is 75.6 cm³/mol. The van der Waals surface area contributed by atoms with Crippen LogP contribution in [0, 0.1) is 18.6 Å². The van der Waals surface area contributed by atoms with Crippen molar-refractivity contribution in [2.75, 3.05) is 0 Å². The monoisotopic (exact) mass is 276 g/mol. The van der Waals surface area contributed by atoms with Crippen LogP contribution in [-0.2, 0) is 6.54 Å². The Morgan fingerprint density at radius 2 is 2.28 bits per heavy atom. The van der Waals surface area contributed by atoms with Gasteiger partial charge in [0.05, 0.1) is 12.1 Å². The van der Waals surface area contributed by atoms with E-state index in [1.807, 2.05) is 36.1 Å². The number of hydrogen-bond acceptors (Lipinski definition) is 4. The van der Waals surface area contributed by atoms with E-state index >= 15 is 0 Å². The van der Waals surface area contributed by atoms with Crippen molar-refractivity contribution in [3.8, 4) is 0 Å². The van der Waals surface area contributed by atoms with Crippen LogP contribution >= 0.6 is 23.6 Å². The molecule has 3 rings (SSSR count). The van der Waals surface area contributed by atoms with Crippen LogP contribution in [0.5, 0.6) is 0 Å². The van der Waals surface area contributed by atoms with E-state index in [-0.39, 0.29) is 0 Å². The average molecular weight is 276 g/mol. The van der Waals surface area contributed by atoms with Gasteiger partial charge in [-0.2, -0.15) is 0 Å². The third-order valence-electron chi connectivity index (χ3n) is 2.83. The number of thiazole rings is 1. The van der Waals surface area contributed by atoms with Crippen molar-refractivity contribution >= 4 is 34.7 Å². The molecular weight excluding hydrogens is 264 g/mol. The maximum absolute atomic E-state index is 5.36. The van der Waals surface area contributed by atoms with Crippen LogP contribution in [0.3, 0.4) is 0 Å². The molecule has 0 unspecified atom stereocenters. The summed E-state index contributed by atoms with van der Waals surface area (Å²) in [6, 6.07) is 1.98. The summed E-state index contributed by atoms with van der Waals surface area (Å²) in [6.07, 6.45) is 1.81. The fraction of sp³-hybridized carbons (Fsp3) is 0.250. The first-order valence-electron chi connectivity index (χ1n) is 5.60. The zero-order valence-electron chi connectivity index (χ0n) is 10.1. The predicted octanol–water partition coefficient (Wildman–Crippen LogP) is 3.22. The van der Waals surface area contributed by atoms with Crippen molar-refractivity contribution in [2.45, 2.75) is 20.4 Å². The summed E-state index contributed by atoms with van der Waals surface area (Å²) in [4.78, 5) is 12.1. The number of nitrogens with one attached hydrogen (secondary N) is 1. The van der Waals surface area contributed by atoms with Gasteiger partial charge in [0.15, 0.2) is 10.4 Å². The van der Waals surface area contributed by atoms with E-state index in [0.717, 1.165) is 27.4 Å². The van der Waals surface area contributed by atoms with E-state index in [9.17, 15) is 0 Å². The number of aryl methyl sites for hydroxylation is 2. The lowest BCUT2D eigenvalue weighted by molar-refractivity contribution is 0.791. The Bertz CT molecular complexity index is 766. The van der Waals surface area contributed by atoms with Crippen LogP contribution in [0.15, 0.2) is 17.6 Å². The van der Waals surface area contributed by atoms with Gasteiger partial charge in [-0.1, -0.05) is 0 Å². The first kappa shape index (κ1) is 11.6. The molecule has 0 aliphatic rings. The molecule has 18 heavy (non-hydrogen) atoms. The molecule has 0 saturated heterocycles. The fourth-order valence-corrected chi connectivity index (χ4v) is 2.94. The Morgan fingerprint density at radius 3 is 3.00 bits per heavy atom. The lowest BCUT2D eigenvalue weighted by atomic mass is 10.3. The minimum absolute atomic E-state index is 0.674. The summed E-state index contributed by atoms with van der Waals surface area (Å²) in [7, 11) is 0. The van der Waals surface area contributed by atoms with Crippen LogP contribution in [-0.4, -0.2) is 19.5 Å². The van der Waals surface area contributed by atoms with Gasteiger partial charge in [0.2, 0.25) is 0 Å². The summed E-state index contributed by atoms with van der Waals surface area (Å²) in [5, 5.41) is 3.10. The van der Waals surface area contributed by atoms with E-state index in [4.69, 9.17) is 12.2 Å². The summed E-state index contributed by atoms with van der Waals surface area (Å²) >= 11 is 7.01. The third kappa shape index (κ3) is 1.87. The van der Waals surface area contributed by atoms with Gasteiger partial charge in [-0.15, -0.1) is 11.3 Å². The Hall–Kier alpha value is -1.53. The maximum Gasteiger partial charge on any atom is 0.179 e. The lowest BCUT2D eigenvalue weighted by Crippen LogP contribution is -2.00. The molecule has 0 aliphatic heterocycles. The van der Waals surface area contributed by atoms with E-state index in [1.54, 1.807) is 11.3 Å². The van der Waals surface area contributed by atoms with E-state index < -0.39 is 0 Å². The first-order chi connectivity index (χ1) is 8.65. The highest BCUT2D eigenvalue weighted by molar-refractivity contribution is 7.71. The number of aromatic nitrogens is 4. The highest BCUT2D eigenvalue weighted by atomic mass is 32.1. The molecule has 1 N–H and O–H groups in total. The Kier molecular flexibility index (Phi) is 2.76. The SMILES string of the molecule is Cc1csc(Cn2c(=S)[nH]c3c(C)ccnc32)n1. The van der Waals surface area contributed by atoms with Crippen molar-refractivity contribution < 1.29 is 0 Å². The fourth-order valence-electron chi connectivity index (χ4n) is 1.93. The zero-order chi connectivity index (χ0) is 12.7. The molecule has 0 aromatic carbocycles. The largest absolute Gasteiger partial charge is 0.329 e. The number of fused-ring (bicyclic) bond motifs is 1. The van der Waals surface area contributed by atoms with Gasteiger partial charge >= 0.3 is 0 Å². The quantitative estimate of drug-likeness (QED) is 0.731. The molecule has 0 spiro atoms. The van der Waals surface area contributed by atoms with Crippen LogP contribution < -0.4 is 0 Å². The van der Waals surface area contributed by atoms with Crippen LogP contribution in [0.2, 0.25) is 0 Å². The molecule has 0 aliphatic carbocycles. The number of H-pyrrole nitrogens is 1. The molecule has 3 aromatic rings. The standard InChI is InChI=1S/C12H12N4S2/c1-7-3-4-13-11-10(7)15-12(17)16(11)5-9-14-8(2)6-18-9/h3-4,6H,5H2,1-2H3,(H,15,17). The van der Waals surface area contributed by atoms with Crippen molar-refractivity contribution in [1.29, 1.82) is 0 Å². The van der Waals surface area contributed by atoms with Gasteiger partial charge in [0.1, 0.15) is 5.01 Å². The van der Waals surface area contributed by atoms with E-state index in [2.05, 4.69) is 15.0 Å². The molecule has 0 saturated carbocycles. The van der Waals surface area contributed by atoms with Gasteiger partial charge in [-0.25, -0.2) is 9.97 Å². The van der Waals surface area contributed by atoms with Crippen LogP contribution in [0.1, 0.15) is 16.3 Å². The first-order valence-corrected chi connectivity index (χ1v) is 6.89. The Labute approximate surface area is 113 Å². The molecule has 0 radical (unpaired) electrons. The number of nitrogens with zero attached hydrogens (tertiary/aromatic N) is 3. The lowest BCUT2D eigenvalue weighted by Gasteiger charge is -2.01. The Balaban J connectivity index is 2.14. The Morgan fingerprint density at radius 1 is 1.44 bits per heavy atom. The minimum atomic E-state index is 0.674. The maximum atomic E-state index is 5.36. The number of hydrogen-bond donors (Lipinski definition) is 1. The van der Waals surface area contributed by atoms with Crippen molar-refractivity contribution in [2.24, 2.45) is 0 Å². The van der Waals surface area contributed by atoms with Crippen molar-refractivity contribution in [3.05, 3.63) is 38.7 Å². The molecule has 3 aromatic heterocycles. The second-order valence-electron chi connectivity index (χ2n) is 4.23. The van der Waals surface area contributed by atoms with Crippen molar-refractivity contribution in [3.63, 3.8) is 0 Å². The molecular formula is C12H12N4S2. The van der Waals surface area contributed by atoms with Gasteiger partial charge < -0.3 is 4.98 Å². The van der Waals surface area contributed by atoms with Gasteiger partial charge in [-0.05, 0) is 37.7 Å². The summed E-state index contributed by atoms with van der Waals surface area (Å²) < 4.78 is 2.69. The number of aromatic amines is 1. The molecule has 3 heterocycles. The second kappa shape index (κ2) is 4.29. The van der Waals surface area contributed by atoms with Gasteiger partial charge in [-0.3, -0.25) is 4.57 Å². The third-order valence-corrected chi connectivity index (χ3v) is 4.11. The molecule has 0 fully saturated rings. The molecule has 0 bridgehead atoms. The average Bonchev–Trinajstić information content (AvgIpc) is 2.87. The molecule has 0 amide bonds. The molecule has 0 atom stereocenters. The number of imidazole rings is 1. The van der Waals surface area contributed by atoms with E-state index in [0.29, 0.717) is 11.3 Å². The topological polar surface area (TPSA) is 46.5 Å². The highest BCUT2D eigenvalue weighted by Gasteiger charge is 2.09. The van der Waals surface area contributed by atoms with E-state index in [1.165, 1.54) is 0 Å². The van der Waals surface area contributed by atoms with Gasteiger partial charge in [0, 0.05) is 17.3 Å². The molecule has 4 nitrogen and oxygen atoms in total. The summed E-state index contributed by atoms with van der Waals surface area (Å²) in [5.41, 5.74) is 4.11. The molecule has 92 valence electrons. The number of pyridine rings is 1. The van der Waals surface area contributed by atoms with Crippen molar-refractivity contribution in [1.82, 2.24) is 19.5 Å². The zero-order valence-corrected chi connectivity index (χ0v) is 11.7. The summed E-state index contributed by atoms with van der Waals surface area (Å²) in [5.74, 6) is 0. The minimum Gasteiger partial charge on any atom is -0.329 e. The van der Waals surface area contributed by atoms with Crippen LogP contribution in [0.25, 0.3) is 11.2 Å². The smallest absolute Gasteiger partial charge is 0.179 e. The second-order valence-corrected chi connectivity index (χ2v) is 5.55.